The summed E-state index contributed by atoms with van der Waals surface area (Å²) in [7, 11) is 1.56. The zero-order valence-electron chi connectivity index (χ0n) is 15.4. The van der Waals surface area contributed by atoms with Crippen LogP contribution in [0.25, 0.3) is 0 Å². The summed E-state index contributed by atoms with van der Waals surface area (Å²) in [6, 6.07) is 6.98. The summed E-state index contributed by atoms with van der Waals surface area (Å²) in [4.78, 5) is 39.9. The summed E-state index contributed by atoms with van der Waals surface area (Å²) in [5.41, 5.74) is 10.3. The molecule has 8 nitrogen and oxygen atoms in total. The number of methoxy groups -OCH3 is 1. The molecule has 8 heteroatoms. The third-order valence-electron chi connectivity index (χ3n) is 3.70. The zero-order valence-corrected chi connectivity index (χ0v) is 15.4. The number of nitrogens with one attached hydrogen (secondary N) is 1. The first-order valence-corrected chi connectivity index (χ1v) is 8.25. The Kier molecular flexibility index (Phi) is 7.92. The maximum atomic E-state index is 12.4. The molecule has 0 aliphatic carbocycles. The number of rotatable bonds is 9. The molecule has 3 amide bonds. The van der Waals surface area contributed by atoms with E-state index in [1.54, 1.807) is 31.4 Å². The third kappa shape index (κ3) is 6.64. The molecule has 0 atom stereocenters. The predicted octanol–water partition coefficient (Wildman–Crippen LogP) is 0.324. The van der Waals surface area contributed by atoms with Crippen LogP contribution in [-0.4, -0.2) is 42.6 Å². The molecule has 0 aliphatic heterocycles. The smallest absolute Gasteiger partial charge is 0.266 e. The number of hydrogen-bond donors (Lipinski definition) is 3. The first-order valence-electron chi connectivity index (χ1n) is 8.25. The quantitative estimate of drug-likeness (QED) is 0.544. The lowest BCUT2D eigenvalue weighted by molar-refractivity contribution is -0.127. The summed E-state index contributed by atoms with van der Waals surface area (Å²) in [5, 5.41) is 2.50. The maximum Gasteiger partial charge on any atom is 0.266 e. The highest BCUT2D eigenvalue weighted by molar-refractivity contribution is 6.40. The van der Waals surface area contributed by atoms with Gasteiger partial charge >= 0.3 is 0 Å². The standard InChI is InChI=1S/C18H26N4O4/c1-18(2,17(20)25)22-16(24)14(5-4-10-19)21-15(23)11-12-6-8-13(26-3)9-7-12/h6-9H,4-5,10-11,19H2,1-3H3,(H2,20,25)(H,22,24)/b21-14+. The van der Waals surface area contributed by atoms with Crippen LogP contribution in [0.5, 0.6) is 5.75 Å². The maximum absolute atomic E-state index is 12.4. The van der Waals surface area contributed by atoms with Gasteiger partial charge in [0.1, 0.15) is 17.0 Å². The number of nitrogens with two attached hydrogens (primary N) is 2. The average molecular weight is 362 g/mol. The molecule has 0 fully saturated rings. The van der Waals surface area contributed by atoms with Crippen LogP contribution in [0.3, 0.4) is 0 Å². The minimum Gasteiger partial charge on any atom is -0.497 e. The Bertz CT molecular complexity index is 681. The normalized spacial score (nSPS) is 11.8. The molecule has 0 saturated heterocycles. The Balaban J connectivity index is 2.89. The van der Waals surface area contributed by atoms with E-state index in [9.17, 15) is 14.4 Å². The molecule has 0 spiro atoms. The largest absolute Gasteiger partial charge is 0.497 e. The van der Waals surface area contributed by atoms with Crippen LogP contribution in [0.2, 0.25) is 0 Å². The van der Waals surface area contributed by atoms with E-state index < -0.39 is 23.3 Å². The number of nitrogens with zero attached hydrogens (tertiary/aromatic N) is 1. The van der Waals surface area contributed by atoms with Gasteiger partial charge in [0, 0.05) is 0 Å². The summed E-state index contributed by atoms with van der Waals surface area (Å²) >= 11 is 0. The Hall–Kier alpha value is -2.74. The van der Waals surface area contributed by atoms with Crippen LogP contribution in [0.1, 0.15) is 32.3 Å². The van der Waals surface area contributed by atoms with E-state index in [4.69, 9.17) is 16.2 Å². The van der Waals surface area contributed by atoms with Crippen molar-refractivity contribution < 1.29 is 19.1 Å². The van der Waals surface area contributed by atoms with Crippen LogP contribution >= 0.6 is 0 Å². The lowest BCUT2D eigenvalue weighted by atomic mass is 10.0. The van der Waals surface area contributed by atoms with Crippen LogP contribution in [0, 0.1) is 0 Å². The molecule has 0 unspecified atom stereocenters. The molecule has 26 heavy (non-hydrogen) atoms. The van der Waals surface area contributed by atoms with Crippen molar-refractivity contribution in [2.24, 2.45) is 16.5 Å². The fourth-order valence-electron chi connectivity index (χ4n) is 2.02. The van der Waals surface area contributed by atoms with Crippen molar-refractivity contribution in [1.82, 2.24) is 5.32 Å². The van der Waals surface area contributed by atoms with Gasteiger partial charge in [-0.05, 0) is 50.9 Å². The molecule has 142 valence electrons. The number of carbonyl (C=O) groups excluding carboxylic acids is 3. The molecule has 0 aliphatic rings. The Morgan fingerprint density at radius 2 is 1.81 bits per heavy atom. The van der Waals surface area contributed by atoms with E-state index in [1.807, 2.05) is 0 Å². The molecule has 0 aromatic heterocycles. The van der Waals surface area contributed by atoms with E-state index >= 15 is 0 Å². The highest BCUT2D eigenvalue weighted by Gasteiger charge is 2.28. The van der Waals surface area contributed by atoms with Gasteiger partial charge in [0.15, 0.2) is 0 Å². The lowest BCUT2D eigenvalue weighted by Gasteiger charge is -2.22. The fraction of sp³-hybridized carbons (Fsp3) is 0.444. The van der Waals surface area contributed by atoms with Crippen molar-refractivity contribution in [3.8, 4) is 5.75 Å². The molecule has 1 aromatic carbocycles. The van der Waals surface area contributed by atoms with Gasteiger partial charge in [0.2, 0.25) is 5.91 Å². The van der Waals surface area contributed by atoms with Crippen molar-refractivity contribution in [2.45, 2.75) is 38.6 Å². The number of benzene rings is 1. The van der Waals surface area contributed by atoms with Gasteiger partial charge in [-0.1, -0.05) is 12.1 Å². The summed E-state index contributed by atoms with van der Waals surface area (Å²) in [5.74, 6) is -1.07. The van der Waals surface area contributed by atoms with E-state index in [-0.39, 0.29) is 18.6 Å². The Morgan fingerprint density at radius 1 is 1.19 bits per heavy atom. The highest BCUT2D eigenvalue weighted by Crippen LogP contribution is 2.12. The molecule has 1 rings (SSSR count). The summed E-state index contributed by atoms with van der Waals surface area (Å²) in [6.45, 7) is 3.30. The molecule has 0 heterocycles. The van der Waals surface area contributed by atoms with Gasteiger partial charge in [0.25, 0.3) is 11.8 Å². The second-order valence-corrected chi connectivity index (χ2v) is 6.31. The van der Waals surface area contributed by atoms with Crippen molar-refractivity contribution >= 4 is 23.4 Å². The van der Waals surface area contributed by atoms with Gasteiger partial charge in [0.05, 0.1) is 13.5 Å². The lowest BCUT2D eigenvalue weighted by Crippen LogP contribution is -2.54. The molecule has 0 radical (unpaired) electrons. The number of primary amides is 1. The second kappa shape index (κ2) is 9.67. The van der Waals surface area contributed by atoms with E-state index in [2.05, 4.69) is 10.3 Å². The van der Waals surface area contributed by atoms with Crippen molar-refractivity contribution in [3.05, 3.63) is 29.8 Å². The SMILES string of the molecule is COc1ccc(CC(=O)/N=C(\CCCN)C(=O)NC(C)(C)C(N)=O)cc1. The summed E-state index contributed by atoms with van der Waals surface area (Å²) < 4.78 is 5.07. The first-order chi connectivity index (χ1) is 12.2. The van der Waals surface area contributed by atoms with Crippen LogP contribution in [-0.2, 0) is 20.8 Å². The van der Waals surface area contributed by atoms with Gasteiger partial charge in [-0.25, -0.2) is 4.99 Å². The van der Waals surface area contributed by atoms with Gasteiger partial charge in [-0.3, -0.25) is 14.4 Å². The minimum atomic E-state index is -1.25. The fourth-order valence-corrected chi connectivity index (χ4v) is 2.02. The van der Waals surface area contributed by atoms with Crippen molar-refractivity contribution in [3.63, 3.8) is 0 Å². The monoisotopic (exact) mass is 362 g/mol. The molecule has 0 saturated carbocycles. The second-order valence-electron chi connectivity index (χ2n) is 6.31. The minimum absolute atomic E-state index is 0.0308. The van der Waals surface area contributed by atoms with Crippen LogP contribution in [0.4, 0.5) is 0 Å². The number of hydrogen-bond acceptors (Lipinski definition) is 5. The van der Waals surface area contributed by atoms with Crippen molar-refractivity contribution in [2.75, 3.05) is 13.7 Å². The van der Waals surface area contributed by atoms with E-state index in [1.165, 1.54) is 13.8 Å². The Labute approximate surface area is 153 Å². The van der Waals surface area contributed by atoms with Crippen molar-refractivity contribution in [1.29, 1.82) is 0 Å². The van der Waals surface area contributed by atoms with E-state index in [0.29, 0.717) is 18.7 Å². The van der Waals surface area contributed by atoms with Gasteiger partial charge in [-0.2, -0.15) is 0 Å². The Morgan fingerprint density at radius 3 is 2.31 bits per heavy atom. The number of amides is 3. The van der Waals surface area contributed by atoms with Crippen LogP contribution < -0.4 is 21.5 Å². The molecular weight excluding hydrogens is 336 g/mol. The third-order valence-corrected chi connectivity index (χ3v) is 3.70. The highest BCUT2D eigenvalue weighted by atomic mass is 16.5. The summed E-state index contributed by atoms with van der Waals surface area (Å²) in [6.07, 6.45) is 0.757. The molecule has 1 aromatic rings. The molecule has 5 N–H and O–H groups in total. The first kappa shape index (κ1) is 21.3. The van der Waals surface area contributed by atoms with Crippen LogP contribution in [0.15, 0.2) is 29.3 Å². The van der Waals surface area contributed by atoms with Gasteiger partial charge in [-0.15, -0.1) is 0 Å². The van der Waals surface area contributed by atoms with Gasteiger partial charge < -0.3 is 21.5 Å². The topological polar surface area (TPSA) is 137 Å². The number of aliphatic imine (C=N–C) groups is 1. The zero-order chi connectivity index (χ0) is 19.7. The molecule has 0 bridgehead atoms. The predicted molar refractivity (Wildman–Crippen MR) is 98.8 cm³/mol. The number of carbonyl (C=O) groups is 3. The number of ether oxygens (including phenoxy) is 1. The molecular formula is C18H26N4O4. The van der Waals surface area contributed by atoms with E-state index in [0.717, 1.165) is 5.56 Å². The average Bonchev–Trinajstić information content (AvgIpc) is 2.58.